The van der Waals surface area contributed by atoms with Gasteiger partial charge in [-0.05, 0) is 37.1 Å². The van der Waals surface area contributed by atoms with Crippen LogP contribution in [0.5, 0.6) is 0 Å². The predicted octanol–water partition coefficient (Wildman–Crippen LogP) is 3.52. The maximum Gasteiger partial charge on any atom is 0.246 e. The van der Waals surface area contributed by atoms with Gasteiger partial charge in [-0.2, -0.15) is 0 Å². The molecule has 5 heteroatoms. The molecule has 0 bridgehead atoms. The van der Waals surface area contributed by atoms with Crippen molar-refractivity contribution in [3.05, 3.63) is 47.1 Å². The van der Waals surface area contributed by atoms with E-state index in [2.05, 4.69) is 4.98 Å². The van der Waals surface area contributed by atoms with Crippen LogP contribution in [0.1, 0.15) is 25.0 Å². The van der Waals surface area contributed by atoms with Crippen molar-refractivity contribution in [3.63, 3.8) is 0 Å². The van der Waals surface area contributed by atoms with Crippen LogP contribution in [0, 0.1) is 5.92 Å². The van der Waals surface area contributed by atoms with Gasteiger partial charge in [0.05, 0.1) is 17.3 Å². The number of aliphatic hydroxyl groups excluding tert-OH is 1. The van der Waals surface area contributed by atoms with Crippen LogP contribution in [0.25, 0.3) is 17.0 Å². The number of benzene rings is 1. The lowest BCUT2D eigenvalue weighted by Crippen LogP contribution is -2.33. The Balaban J connectivity index is 1.67. The van der Waals surface area contributed by atoms with Crippen molar-refractivity contribution in [3.8, 4) is 0 Å². The molecule has 2 unspecified atom stereocenters. The molecule has 0 aliphatic heterocycles. The minimum Gasteiger partial charge on any atom is -0.393 e. The van der Waals surface area contributed by atoms with E-state index in [9.17, 15) is 9.90 Å². The van der Waals surface area contributed by atoms with Gasteiger partial charge in [0.2, 0.25) is 5.91 Å². The average molecular weight is 345 g/mol. The van der Waals surface area contributed by atoms with E-state index in [-0.39, 0.29) is 17.9 Å². The molecule has 4 nitrogen and oxygen atoms in total. The third-order valence-corrected chi connectivity index (χ3v) is 4.81. The number of amides is 1. The van der Waals surface area contributed by atoms with Crippen LogP contribution in [-0.4, -0.2) is 40.6 Å². The monoisotopic (exact) mass is 344 g/mol. The summed E-state index contributed by atoms with van der Waals surface area (Å²) in [5.74, 6) is 0.107. The fourth-order valence-electron chi connectivity index (χ4n) is 3.15. The van der Waals surface area contributed by atoms with E-state index in [1.54, 1.807) is 18.0 Å². The van der Waals surface area contributed by atoms with Crippen LogP contribution in [-0.2, 0) is 4.79 Å². The lowest BCUT2D eigenvalue weighted by molar-refractivity contribution is -0.125. The van der Waals surface area contributed by atoms with Crippen LogP contribution in [0.4, 0.5) is 0 Å². The highest BCUT2D eigenvalue weighted by molar-refractivity contribution is 6.31. The van der Waals surface area contributed by atoms with Crippen LogP contribution in [0.15, 0.2) is 36.4 Å². The van der Waals surface area contributed by atoms with Crippen LogP contribution >= 0.6 is 11.6 Å². The van der Waals surface area contributed by atoms with Gasteiger partial charge < -0.3 is 10.0 Å². The standard InChI is InChI=1S/C19H21ClN2O2/c1-22(12-14-3-2-4-18(14)23)19(24)10-9-16-8-6-13-5-7-15(20)11-17(13)21-16/h5-11,14,18,23H,2-4,12H2,1H3/b10-9+. The molecular weight excluding hydrogens is 324 g/mol. The first-order chi connectivity index (χ1) is 11.5. The molecule has 0 radical (unpaired) electrons. The van der Waals surface area contributed by atoms with Crippen molar-refractivity contribution in [1.29, 1.82) is 0 Å². The molecule has 1 amide bonds. The highest BCUT2D eigenvalue weighted by Gasteiger charge is 2.26. The summed E-state index contributed by atoms with van der Waals surface area (Å²) in [6, 6.07) is 9.40. The molecule has 2 aromatic rings. The van der Waals surface area contributed by atoms with Gasteiger partial charge in [-0.25, -0.2) is 4.98 Å². The number of aliphatic hydroxyl groups is 1. The second-order valence-corrected chi connectivity index (χ2v) is 6.82. The van der Waals surface area contributed by atoms with Gasteiger partial charge in [-0.15, -0.1) is 0 Å². The zero-order valence-electron chi connectivity index (χ0n) is 13.7. The molecule has 1 aromatic carbocycles. The second kappa shape index (κ2) is 7.32. The molecule has 1 N–H and O–H groups in total. The first kappa shape index (κ1) is 16.9. The third-order valence-electron chi connectivity index (χ3n) is 4.58. The molecule has 126 valence electrons. The molecule has 1 fully saturated rings. The van der Waals surface area contributed by atoms with Crippen LogP contribution < -0.4 is 0 Å². The van der Waals surface area contributed by atoms with E-state index in [4.69, 9.17) is 11.6 Å². The van der Waals surface area contributed by atoms with Crippen molar-refractivity contribution in [2.75, 3.05) is 13.6 Å². The number of nitrogens with zero attached hydrogens (tertiary/aromatic N) is 2. The fraction of sp³-hybridized carbons (Fsp3) is 0.368. The van der Waals surface area contributed by atoms with E-state index in [1.807, 2.05) is 30.3 Å². The fourth-order valence-corrected chi connectivity index (χ4v) is 3.32. The smallest absolute Gasteiger partial charge is 0.246 e. The Bertz CT molecular complexity index is 775. The highest BCUT2D eigenvalue weighted by atomic mass is 35.5. The van der Waals surface area contributed by atoms with Gasteiger partial charge in [0.25, 0.3) is 0 Å². The zero-order valence-corrected chi connectivity index (χ0v) is 14.4. The first-order valence-electron chi connectivity index (χ1n) is 8.20. The summed E-state index contributed by atoms with van der Waals surface area (Å²) < 4.78 is 0. The molecular formula is C19H21ClN2O2. The van der Waals surface area contributed by atoms with Crippen molar-refractivity contribution >= 4 is 34.5 Å². The molecule has 0 saturated heterocycles. The van der Waals surface area contributed by atoms with Crippen molar-refractivity contribution in [2.45, 2.75) is 25.4 Å². The Morgan fingerprint density at radius 1 is 1.38 bits per heavy atom. The Morgan fingerprint density at radius 2 is 2.17 bits per heavy atom. The number of carbonyl (C=O) groups excluding carboxylic acids is 1. The van der Waals surface area contributed by atoms with Gasteiger partial charge in [0, 0.05) is 36.0 Å². The van der Waals surface area contributed by atoms with E-state index in [0.29, 0.717) is 17.3 Å². The van der Waals surface area contributed by atoms with Crippen molar-refractivity contribution in [2.24, 2.45) is 5.92 Å². The first-order valence-corrected chi connectivity index (χ1v) is 8.58. The topological polar surface area (TPSA) is 53.4 Å². The Labute approximate surface area is 146 Å². The van der Waals surface area contributed by atoms with E-state index < -0.39 is 0 Å². The molecule has 1 aliphatic carbocycles. The maximum atomic E-state index is 12.2. The molecule has 24 heavy (non-hydrogen) atoms. The molecule has 0 spiro atoms. The predicted molar refractivity (Wildman–Crippen MR) is 96.8 cm³/mol. The molecule has 2 atom stereocenters. The number of fused-ring (bicyclic) bond motifs is 1. The number of likely N-dealkylation sites (N-methyl/N-ethyl adjacent to an activating group) is 1. The van der Waals surface area contributed by atoms with Gasteiger partial charge >= 0.3 is 0 Å². The maximum absolute atomic E-state index is 12.2. The summed E-state index contributed by atoms with van der Waals surface area (Å²) in [5, 5.41) is 11.5. The van der Waals surface area contributed by atoms with Gasteiger partial charge in [-0.3, -0.25) is 4.79 Å². The number of hydrogen-bond donors (Lipinski definition) is 1. The van der Waals surface area contributed by atoms with E-state index >= 15 is 0 Å². The van der Waals surface area contributed by atoms with E-state index in [1.165, 1.54) is 6.08 Å². The number of hydrogen-bond acceptors (Lipinski definition) is 3. The molecule has 1 aromatic heterocycles. The summed E-state index contributed by atoms with van der Waals surface area (Å²) in [5.41, 5.74) is 1.52. The summed E-state index contributed by atoms with van der Waals surface area (Å²) in [6.07, 6.45) is 5.82. The molecule has 3 rings (SSSR count). The Hall–Kier alpha value is -1.91. The summed E-state index contributed by atoms with van der Waals surface area (Å²) >= 11 is 5.99. The Morgan fingerprint density at radius 3 is 2.92 bits per heavy atom. The summed E-state index contributed by atoms with van der Waals surface area (Å²) in [4.78, 5) is 18.4. The molecule has 1 heterocycles. The Kier molecular flexibility index (Phi) is 5.17. The normalized spacial score (nSPS) is 20.8. The number of carbonyl (C=O) groups is 1. The number of rotatable bonds is 4. The minimum atomic E-state index is -0.281. The van der Waals surface area contributed by atoms with Crippen LogP contribution in [0.3, 0.4) is 0 Å². The largest absolute Gasteiger partial charge is 0.393 e. The van der Waals surface area contributed by atoms with Gasteiger partial charge in [-0.1, -0.05) is 30.2 Å². The third kappa shape index (κ3) is 3.94. The lowest BCUT2D eigenvalue weighted by atomic mass is 10.1. The number of pyridine rings is 1. The average Bonchev–Trinajstić information content (AvgIpc) is 2.97. The number of aromatic nitrogens is 1. The van der Waals surface area contributed by atoms with Crippen molar-refractivity contribution in [1.82, 2.24) is 9.88 Å². The number of halogens is 1. The van der Waals surface area contributed by atoms with Gasteiger partial charge in [0.15, 0.2) is 0 Å². The summed E-state index contributed by atoms with van der Waals surface area (Å²) in [7, 11) is 1.77. The quantitative estimate of drug-likeness (QED) is 0.863. The lowest BCUT2D eigenvalue weighted by Gasteiger charge is -2.22. The SMILES string of the molecule is CN(CC1CCCC1O)C(=O)/C=C/c1ccc2ccc(Cl)cc2n1. The van der Waals surface area contributed by atoms with E-state index in [0.717, 1.165) is 30.2 Å². The minimum absolute atomic E-state index is 0.0814. The highest BCUT2D eigenvalue weighted by Crippen LogP contribution is 2.26. The van der Waals surface area contributed by atoms with Gasteiger partial charge in [0.1, 0.15) is 0 Å². The molecule has 1 saturated carbocycles. The summed E-state index contributed by atoms with van der Waals surface area (Å²) in [6.45, 7) is 0.588. The second-order valence-electron chi connectivity index (χ2n) is 6.38. The van der Waals surface area contributed by atoms with Crippen molar-refractivity contribution < 1.29 is 9.90 Å². The molecule has 1 aliphatic rings. The zero-order chi connectivity index (χ0) is 17.1. The van der Waals surface area contributed by atoms with Crippen LogP contribution in [0.2, 0.25) is 5.02 Å².